The SMILES string of the molecule is CC(=O)NC(=O)[C@@]1(CCCc2cnccn2)CCN1. The molecule has 0 saturated carbocycles. The molecule has 1 fully saturated rings. The fraction of sp³-hybridized carbons (Fsp3) is 0.538. The highest BCUT2D eigenvalue weighted by atomic mass is 16.2. The Hall–Kier alpha value is -1.82. The van der Waals surface area contributed by atoms with Gasteiger partial charge in [-0.15, -0.1) is 0 Å². The highest BCUT2D eigenvalue weighted by Gasteiger charge is 2.43. The van der Waals surface area contributed by atoms with Gasteiger partial charge in [-0.05, 0) is 32.2 Å². The minimum atomic E-state index is -0.576. The van der Waals surface area contributed by atoms with Gasteiger partial charge >= 0.3 is 0 Å². The van der Waals surface area contributed by atoms with Crippen LogP contribution in [0.5, 0.6) is 0 Å². The van der Waals surface area contributed by atoms with Gasteiger partial charge in [0.15, 0.2) is 0 Å². The number of nitrogens with one attached hydrogen (secondary N) is 2. The second-order valence-electron chi connectivity index (χ2n) is 4.82. The summed E-state index contributed by atoms with van der Waals surface area (Å²) in [5.74, 6) is -0.530. The third-order valence-electron chi connectivity index (χ3n) is 3.39. The Kier molecular flexibility index (Phi) is 4.21. The van der Waals surface area contributed by atoms with Crippen molar-refractivity contribution in [1.82, 2.24) is 20.6 Å². The Morgan fingerprint density at radius 2 is 2.26 bits per heavy atom. The minimum Gasteiger partial charge on any atom is -0.303 e. The van der Waals surface area contributed by atoms with Gasteiger partial charge < -0.3 is 5.32 Å². The summed E-state index contributed by atoms with van der Waals surface area (Å²) in [6, 6.07) is 0. The molecule has 0 bridgehead atoms. The van der Waals surface area contributed by atoms with E-state index < -0.39 is 5.54 Å². The van der Waals surface area contributed by atoms with Gasteiger partial charge in [-0.2, -0.15) is 0 Å². The summed E-state index contributed by atoms with van der Waals surface area (Å²) in [5, 5.41) is 5.52. The van der Waals surface area contributed by atoms with Crippen LogP contribution in [0.4, 0.5) is 0 Å². The normalized spacial score (nSPS) is 21.5. The lowest BCUT2D eigenvalue weighted by atomic mass is 9.81. The Balaban J connectivity index is 1.85. The highest BCUT2D eigenvalue weighted by Crippen LogP contribution is 2.25. The van der Waals surface area contributed by atoms with Gasteiger partial charge in [0, 0.05) is 25.5 Å². The van der Waals surface area contributed by atoms with Gasteiger partial charge in [-0.25, -0.2) is 0 Å². The number of imide groups is 1. The topological polar surface area (TPSA) is 84.0 Å². The number of nitrogens with zero attached hydrogens (tertiary/aromatic N) is 2. The van der Waals surface area contributed by atoms with Crippen LogP contribution in [-0.4, -0.2) is 33.9 Å². The average Bonchev–Trinajstić information content (AvgIpc) is 2.32. The zero-order chi connectivity index (χ0) is 13.7. The number of hydrogen-bond acceptors (Lipinski definition) is 5. The molecule has 1 aromatic rings. The quantitative estimate of drug-likeness (QED) is 0.791. The van der Waals surface area contributed by atoms with Gasteiger partial charge in [0.25, 0.3) is 0 Å². The van der Waals surface area contributed by atoms with Crippen LogP contribution < -0.4 is 10.6 Å². The van der Waals surface area contributed by atoms with Gasteiger partial charge in [-0.1, -0.05) is 0 Å². The molecule has 0 aromatic carbocycles. The molecule has 0 spiro atoms. The van der Waals surface area contributed by atoms with Crippen LogP contribution in [0.15, 0.2) is 18.6 Å². The molecule has 6 heteroatoms. The zero-order valence-corrected chi connectivity index (χ0v) is 11.0. The van der Waals surface area contributed by atoms with Crippen LogP contribution in [0.3, 0.4) is 0 Å². The lowest BCUT2D eigenvalue weighted by Crippen LogP contribution is -2.66. The van der Waals surface area contributed by atoms with Crippen molar-refractivity contribution in [2.75, 3.05) is 6.54 Å². The van der Waals surface area contributed by atoms with E-state index >= 15 is 0 Å². The van der Waals surface area contributed by atoms with Crippen molar-refractivity contribution in [1.29, 1.82) is 0 Å². The molecule has 2 amide bonds. The van der Waals surface area contributed by atoms with Crippen LogP contribution in [0, 0.1) is 0 Å². The molecule has 2 N–H and O–H groups in total. The number of amides is 2. The van der Waals surface area contributed by atoms with Crippen LogP contribution >= 0.6 is 0 Å². The van der Waals surface area contributed by atoms with Crippen LogP contribution in [0.2, 0.25) is 0 Å². The second kappa shape index (κ2) is 5.88. The van der Waals surface area contributed by atoms with Crippen molar-refractivity contribution < 1.29 is 9.59 Å². The third kappa shape index (κ3) is 3.35. The number of aryl methyl sites for hydroxylation is 1. The fourth-order valence-corrected chi connectivity index (χ4v) is 2.26. The number of aromatic nitrogens is 2. The number of hydrogen-bond donors (Lipinski definition) is 2. The Morgan fingerprint density at radius 3 is 2.79 bits per heavy atom. The first-order valence-corrected chi connectivity index (χ1v) is 6.44. The molecule has 102 valence electrons. The molecule has 2 rings (SSSR count). The van der Waals surface area contributed by atoms with E-state index in [9.17, 15) is 9.59 Å². The first-order chi connectivity index (χ1) is 9.12. The number of carbonyl (C=O) groups excluding carboxylic acids is 2. The summed E-state index contributed by atoms with van der Waals surface area (Å²) < 4.78 is 0. The molecular formula is C13H18N4O2. The largest absolute Gasteiger partial charge is 0.303 e. The summed E-state index contributed by atoms with van der Waals surface area (Å²) >= 11 is 0. The van der Waals surface area contributed by atoms with Gasteiger partial charge in [0.05, 0.1) is 11.2 Å². The molecule has 1 aliphatic rings. The monoisotopic (exact) mass is 262 g/mol. The zero-order valence-electron chi connectivity index (χ0n) is 11.0. The van der Waals surface area contributed by atoms with E-state index in [4.69, 9.17) is 0 Å². The van der Waals surface area contributed by atoms with E-state index in [1.807, 2.05) is 0 Å². The lowest BCUT2D eigenvalue weighted by molar-refractivity contribution is -0.136. The smallest absolute Gasteiger partial charge is 0.246 e. The van der Waals surface area contributed by atoms with Crippen molar-refractivity contribution >= 4 is 11.8 Å². The van der Waals surface area contributed by atoms with E-state index in [2.05, 4.69) is 20.6 Å². The van der Waals surface area contributed by atoms with E-state index in [0.717, 1.165) is 31.5 Å². The molecule has 1 aromatic heterocycles. The third-order valence-corrected chi connectivity index (χ3v) is 3.39. The van der Waals surface area contributed by atoms with E-state index in [0.29, 0.717) is 6.42 Å². The second-order valence-corrected chi connectivity index (χ2v) is 4.82. The predicted molar refractivity (Wildman–Crippen MR) is 69.1 cm³/mol. The molecule has 2 heterocycles. The van der Waals surface area contributed by atoms with Crippen molar-refractivity contribution in [3.63, 3.8) is 0 Å². The standard InChI is InChI=1S/C13H18N4O2/c1-10(18)17-12(19)13(5-6-16-13)4-2-3-11-9-14-7-8-15-11/h7-9,16H,2-6H2,1H3,(H,17,18,19)/t13-/m1/s1. The predicted octanol–water partition coefficient (Wildman–Crippen LogP) is 0.194. The minimum absolute atomic E-state index is 0.217. The van der Waals surface area contributed by atoms with Crippen LogP contribution in [0.25, 0.3) is 0 Å². The molecule has 0 aliphatic carbocycles. The summed E-state index contributed by atoms with van der Waals surface area (Å²) in [5.41, 5.74) is 0.345. The molecule has 1 saturated heterocycles. The molecule has 19 heavy (non-hydrogen) atoms. The molecule has 0 radical (unpaired) electrons. The maximum atomic E-state index is 12.0. The highest BCUT2D eigenvalue weighted by molar-refractivity contribution is 5.99. The van der Waals surface area contributed by atoms with Crippen LogP contribution in [-0.2, 0) is 16.0 Å². The molecular weight excluding hydrogens is 244 g/mol. The maximum absolute atomic E-state index is 12.0. The summed E-state index contributed by atoms with van der Waals surface area (Å²) in [6.07, 6.45) is 8.11. The summed E-state index contributed by atoms with van der Waals surface area (Å²) in [6.45, 7) is 2.17. The lowest BCUT2D eigenvalue weighted by Gasteiger charge is -2.41. The Morgan fingerprint density at radius 1 is 1.47 bits per heavy atom. The van der Waals surface area contributed by atoms with Gasteiger partial charge in [0.1, 0.15) is 0 Å². The fourth-order valence-electron chi connectivity index (χ4n) is 2.26. The molecule has 0 unspecified atom stereocenters. The first kappa shape index (κ1) is 13.6. The van der Waals surface area contributed by atoms with E-state index in [1.165, 1.54) is 6.92 Å². The average molecular weight is 262 g/mol. The molecule has 1 atom stereocenters. The van der Waals surface area contributed by atoms with Gasteiger partial charge in [0.2, 0.25) is 11.8 Å². The van der Waals surface area contributed by atoms with Crippen molar-refractivity contribution in [3.05, 3.63) is 24.3 Å². The van der Waals surface area contributed by atoms with Crippen molar-refractivity contribution in [2.45, 2.75) is 38.1 Å². The molecule has 6 nitrogen and oxygen atoms in total. The number of carbonyl (C=O) groups is 2. The summed E-state index contributed by atoms with van der Waals surface area (Å²) in [4.78, 5) is 31.1. The Bertz CT molecular complexity index is 457. The maximum Gasteiger partial charge on any atom is 0.246 e. The van der Waals surface area contributed by atoms with Crippen LogP contribution in [0.1, 0.15) is 31.9 Å². The van der Waals surface area contributed by atoms with E-state index in [1.54, 1.807) is 18.6 Å². The summed E-state index contributed by atoms with van der Waals surface area (Å²) in [7, 11) is 0. The number of rotatable bonds is 5. The molecule has 1 aliphatic heterocycles. The van der Waals surface area contributed by atoms with E-state index in [-0.39, 0.29) is 11.8 Å². The van der Waals surface area contributed by atoms with Crippen molar-refractivity contribution in [3.8, 4) is 0 Å². The Labute approximate surface area is 112 Å². The van der Waals surface area contributed by atoms with Crippen molar-refractivity contribution in [2.24, 2.45) is 0 Å². The van der Waals surface area contributed by atoms with Gasteiger partial charge in [-0.3, -0.25) is 24.9 Å². The first-order valence-electron chi connectivity index (χ1n) is 6.44.